The van der Waals surface area contributed by atoms with E-state index in [1.807, 2.05) is 13.0 Å². The Morgan fingerprint density at radius 2 is 2.00 bits per heavy atom. The third-order valence-electron chi connectivity index (χ3n) is 4.40. The Bertz CT molecular complexity index is 505. The number of carboxylic acid groups (broad SMARTS) is 1. The highest BCUT2D eigenvalue weighted by molar-refractivity contribution is 5.95. The monoisotopic (exact) mass is 276 g/mol. The van der Waals surface area contributed by atoms with Crippen LogP contribution in [0.15, 0.2) is 12.1 Å². The standard InChI is InChI=1S/C16H24N2O2/c1-11-8-12(9-13(14(11)17)15(19)20)18-10-16(2)6-4-3-5-7-16/h8-9,18H,3-7,10,17H2,1-2H3,(H,19,20). The van der Waals surface area contributed by atoms with Gasteiger partial charge in [-0.05, 0) is 42.9 Å². The lowest BCUT2D eigenvalue weighted by Gasteiger charge is -2.34. The molecular weight excluding hydrogens is 252 g/mol. The third-order valence-corrected chi connectivity index (χ3v) is 4.40. The molecule has 0 saturated heterocycles. The maximum absolute atomic E-state index is 11.2. The van der Waals surface area contributed by atoms with E-state index in [9.17, 15) is 9.90 Å². The molecule has 0 radical (unpaired) electrons. The van der Waals surface area contributed by atoms with Crippen molar-refractivity contribution in [2.24, 2.45) is 5.41 Å². The third kappa shape index (κ3) is 3.24. The summed E-state index contributed by atoms with van der Waals surface area (Å²) in [4.78, 5) is 11.2. The minimum absolute atomic E-state index is 0.182. The van der Waals surface area contributed by atoms with Crippen molar-refractivity contribution in [1.29, 1.82) is 0 Å². The van der Waals surface area contributed by atoms with Gasteiger partial charge in [0.2, 0.25) is 0 Å². The van der Waals surface area contributed by atoms with Gasteiger partial charge in [0.25, 0.3) is 0 Å². The SMILES string of the molecule is Cc1cc(NCC2(C)CCCCC2)cc(C(=O)O)c1N. The van der Waals surface area contributed by atoms with Gasteiger partial charge in [0, 0.05) is 17.9 Å². The number of nitrogens with one attached hydrogen (secondary N) is 1. The maximum atomic E-state index is 11.2. The molecule has 4 nitrogen and oxygen atoms in total. The summed E-state index contributed by atoms with van der Waals surface area (Å²) in [6, 6.07) is 3.56. The van der Waals surface area contributed by atoms with Crippen LogP contribution >= 0.6 is 0 Å². The average molecular weight is 276 g/mol. The minimum atomic E-state index is -0.974. The largest absolute Gasteiger partial charge is 0.478 e. The Labute approximate surface area is 120 Å². The van der Waals surface area contributed by atoms with Crippen molar-refractivity contribution in [1.82, 2.24) is 0 Å². The first kappa shape index (κ1) is 14.7. The molecule has 0 unspecified atom stereocenters. The van der Waals surface area contributed by atoms with E-state index < -0.39 is 5.97 Å². The van der Waals surface area contributed by atoms with Gasteiger partial charge in [0.05, 0.1) is 5.56 Å². The summed E-state index contributed by atoms with van der Waals surface area (Å²) in [5.41, 5.74) is 8.32. The number of carboxylic acids is 1. The van der Waals surface area contributed by atoms with E-state index in [-0.39, 0.29) is 5.56 Å². The second-order valence-corrected chi connectivity index (χ2v) is 6.28. The van der Waals surface area contributed by atoms with Crippen LogP contribution in [0.3, 0.4) is 0 Å². The predicted octanol–water partition coefficient (Wildman–Crippen LogP) is 3.66. The first-order valence-electron chi connectivity index (χ1n) is 7.29. The number of benzene rings is 1. The molecule has 0 amide bonds. The van der Waals surface area contributed by atoms with Crippen LogP contribution in [0.1, 0.15) is 54.9 Å². The number of nitrogen functional groups attached to an aromatic ring is 1. The van der Waals surface area contributed by atoms with Gasteiger partial charge in [-0.3, -0.25) is 0 Å². The molecule has 0 spiro atoms. The van der Waals surface area contributed by atoms with Crippen LogP contribution in [0.5, 0.6) is 0 Å². The van der Waals surface area contributed by atoms with Gasteiger partial charge in [-0.1, -0.05) is 26.2 Å². The van der Waals surface area contributed by atoms with Crippen LogP contribution in [-0.4, -0.2) is 17.6 Å². The van der Waals surface area contributed by atoms with E-state index in [4.69, 9.17) is 5.73 Å². The topological polar surface area (TPSA) is 75.3 Å². The van der Waals surface area contributed by atoms with Crippen LogP contribution in [0.4, 0.5) is 11.4 Å². The fourth-order valence-corrected chi connectivity index (χ4v) is 2.97. The smallest absolute Gasteiger partial charge is 0.337 e. The summed E-state index contributed by atoms with van der Waals surface area (Å²) in [7, 11) is 0. The highest BCUT2D eigenvalue weighted by Crippen LogP contribution is 2.36. The maximum Gasteiger partial charge on any atom is 0.337 e. The Morgan fingerprint density at radius 3 is 2.60 bits per heavy atom. The molecule has 0 bridgehead atoms. The van der Waals surface area contributed by atoms with E-state index in [1.54, 1.807) is 6.07 Å². The van der Waals surface area contributed by atoms with E-state index in [2.05, 4.69) is 12.2 Å². The number of hydrogen-bond donors (Lipinski definition) is 3. The molecule has 1 aromatic rings. The highest BCUT2D eigenvalue weighted by atomic mass is 16.4. The van der Waals surface area contributed by atoms with Gasteiger partial charge in [0.1, 0.15) is 0 Å². The molecule has 4 N–H and O–H groups in total. The Hall–Kier alpha value is -1.71. The molecule has 20 heavy (non-hydrogen) atoms. The zero-order valence-corrected chi connectivity index (χ0v) is 12.3. The quantitative estimate of drug-likeness (QED) is 0.734. The van der Waals surface area contributed by atoms with Crippen molar-refractivity contribution < 1.29 is 9.90 Å². The number of aromatic carboxylic acids is 1. The van der Waals surface area contributed by atoms with Crippen molar-refractivity contribution >= 4 is 17.3 Å². The van der Waals surface area contributed by atoms with E-state index in [0.29, 0.717) is 11.1 Å². The lowest BCUT2D eigenvalue weighted by atomic mass is 9.75. The summed E-state index contributed by atoms with van der Waals surface area (Å²) < 4.78 is 0. The summed E-state index contributed by atoms with van der Waals surface area (Å²) in [6.45, 7) is 5.03. The number of aryl methyl sites for hydroxylation is 1. The molecule has 4 heteroatoms. The zero-order valence-electron chi connectivity index (χ0n) is 12.3. The Kier molecular flexibility index (Phi) is 4.21. The molecule has 1 fully saturated rings. The molecule has 0 heterocycles. The van der Waals surface area contributed by atoms with E-state index in [0.717, 1.165) is 17.8 Å². The Balaban J connectivity index is 2.11. The number of rotatable bonds is 4. The van der Waals surface area contributed by atoms with Gasteiger partial charge in [-0.15, -0.1) is 0 Å². The van der Waals surface area contributed by atoms with Gasteiger partial charge < -0.3 is 16.2 Å². The first-order chi connectivity index (χ1) is 9.41. The molecule has 1 aliphatic rings. The molecule has 0 atom stereocenters. The summed E-state index contributed by atoms with van der Waals surface area (Å²) in [6.07, 6.45) is 6.39. The van der Waals surface area contributed by atoms with Crippen molar-refractivity contribution in [3.8, 4) is 0 Å². The minimum Gasteiger partial charge on any atom is -0.478 e. The summed E-state index contributed by atoms with van der Waals surface area (Å²) >= 11 is 0. The zero-order chi connectivity index (χ0) is 14.8. The molecule has 1 saturated carbocycles. The lowest BCUT2D eigenvalue weighted by Crippen LogP contribution is -2.29. The van der Waals surface area contributed by atoms with Crippen LogP contribution in [0, 0.1) is 12.3 Å². The molecule has 2 rings (SSSR count). The van der Waals surface area contributed by atoms with Gasteiger partial charge in [-0.25, -0.2) is 4.79 Å². The average Bonchev–Trinajstić information content (AvgIpc) is 2.40. The summed E-state index contributed by atoms with van der Waals surface area (Å²) in [5, 5.41) is 12.6. The summed E-state index contributed by atoms with van der Waals surface area (Å²) in [5.74, 6) is -0.974. The molecule has 1 aromatic carbocycles. The van der Waals surface area contributed by atoms with Gasteiger partial charge >= 0.3 is 5.97 Å². The number of nitrogens with two attached hydrogens (primary N) is 1. The van der Waals surface area contributed by atoms with E-state index >= 15 is 0 Å². The number of anilines is 2. The van der Waals surface area contributed by atoms with Crippen LogP contribution < -0.4 is 11.1 Å². The molecule has 110 valence electrons. The normalized spacial score (nSPS) is 17.7. The molecule has 0 aromatic heterocycles. The van der Waals surface area contributed by atoms with Crippen LogP contribution in [-0.2, 0) is 0 Å². The lowest BCUT2D eigenvalue weighted by molar-refractivity contribution is 0.0698. The number of carbonyl (C=O) groups is 1. The van der Waals surface area contributed by atoms with Gasteiger partial charge in [0.15, 0.2) is 0 Å². The van der Waals surface area contributed by atoms with E-state index in [1.165, 1.54) is 32.1 Å². The van der Waals surface area contributed by atoms with Crippen molar-refractivity contribution in [2.45, 2.75) is 46.0 Å². The fourth-order valence-electron chi connectivity index (χ4n) is 2.97. The molecule has 1 aliphatic carbocycles. The number of hydrogen-bond acceptors (Lipinski definition) is 3. The second-order valence-electron chi connectivity index (χ2n) is 6.28. The Morgan fingerprint density at radius 1 is 1.35 bits per heavy atom. The molecular formula is C16H24N2O2. The van der Waals surface area contributed by atoms with Crippen molar-refractivity contribution in [3.05, 3.63) is 23.3 Å². The second kappa shape index (κ2) is 5.73. The van der Waals surface area contributed by atoms with Crippen molar-refractivity contribution in [3.63, 3.8) is 0 Å². The molecule has 0 aliphatic heterocycles. The predicted molar refractivity (Wildman–Crippen MR) is 82.2 cm³/mol. The van der Waals surface area contributed by atoms with Crippen molar-refractivity contribution in [2.75, 3.05) is 17.6 Å². The fraction of sp³-hybridized carbons (Fsp3) is 0.562. The van der Waals surface area contributed by atoms with Gasteiger partial charge in [-0.2, -0.15) is 0 Å². The first-order valence-corrected chi connectivity index (χ1v) is 7.29. The van der Waals surface area contributed by atoms with Crippen LogP contribution in [0.2, 0.25) is 0 Å². The van der Waals surface area contributed by atoms with Crippen LogP contribution in [0.25, 0.3) is 0 Å². The highest BCUT2D eigenvalue weighted by Gasteiger charge is 2.26.